The summed E-state index contributed by atoms with van der Waals surface area (Å²) in [5.41, 5.74) is 9.45. The number of anilines is 1. The van der Waals surface area contributed by atoms with Gasteiger partial charge in [0, 0.05) is 17.9 Å². The Morgan fingerprint density at radius 2 is 1.14 bits per heavy atom. The molecule has 0 amide bonds. The zero-order valence-electron chi connectivity index (χ0n) is 28.8. The summed E-state index contributed by atoms with van der Waals surface area (Å²) in [7, 11) is 0. The van der Waals surface area contributed by atoms with Crippen LogP contribution < -0.4 is 10.5 Å². The Bertz CT molecular complexity index is 1400. The number of esters is 2. The third-order valence-electron chi connectivity index (χ3n) is 7.25. The predicted molar refractivity (Wildman–Crippen MR) is 186 cm³/mol. The van der Waals surface area contributed by atoms with Crippen molar-refractivity contribution in [3.8, 4) is 5.75 Å². The molecule has 0 aliphatic carbocycles. The molecule has 49 heavy (non-hydrogen) atoms. The van der Waals surface area contributed by atoms with Gasteiger partial charge in [-0.1, -0.05) is 81.3 Å². The summed E-state index contributed by atoms with van der Waals surface area (Å²) < 4.78 is 21.1. The van der Waals surface area contributed by atoms with Gasteiger partial charge < -0.3 is 34.9 Å². The maximum atomic E-state index is 12.2. The number of hydrogen-bond donors (Lipinski definition) is 3. The number of nitrogen functional groups attached to an aromatic ring is 1. The molecule has 3 rings (SSSR count). The molecule has 3 aromatic rings. The van der Waals surface area contributed by atoms with E-state index in [1.165, 1.54) is 56.4 Å². The quantitative estimate of drug-likeness (QED) is 0.0667. The summed E-state index contributed by atoms with van der Waals surface area (Å²) in [6, 6.07) is 17.9. The van der Waals surface area contributed by atoms with Gasteiger partial charge >= 0.3 is 23.9 Å². The van der Waals surface area contributed by atoms with E-state index in [2.05, 4.69) is 13.8 Å². The fourth-order valence-corrected chi connectivity index (χ4v) is 4.47. The first-order valence-electron chi connectivity index (χ1n) is 16.6. The van der Waals surface area contributed by atoms with Crippen molar-refractivity contribution in [3.05, 3.63) is 94.5 Å². The maximum absolute atomic E-state index is 12.2. The minimum atomic E-state index is -2.22. The number of carbonyl (C=O) groups excluding carboxylic acids is 2. The average molecular weight is 680 g/mol. The molecule has 0 bridgehead atoms. The van der Waals surface area contributed by atoms with Crippen LogP contribution in [-0.2, 0) is 30.4 Å². The van der Waals surface area contributed by atoms with Crippen molar-refractivity contribution in [2.24, 2.45) is 0 Å². The van der Waals surface area contributed by atoms with E-state index in [4.69, 9.17) is 24.7 Å². The number of benzene rings is 3. The van der Waals surface area contributed by atoms with E-state index in [9.17, 15) is 29.4 Å². The zero-order valence-corrected chi connectivity index (χ0v) is 28.8. The third-order valence-corrected chi connectivity index (χ3v) is 7.25. The Balaban J connectivity index is 0.000000355. The van der Waals surface area contributed by atoms with Crippen molar-refractivity contribution >= 4 is 29.6 Å². The van der Waals surface area contributed by atoms with Crippen LogP contribution in [0.4, 0.5) is 5.69 Å². The van der Waals surface area contributed by atoms with Crippen LogP contribution in [0.3, 0.4) is 0 Å². The van der Waals surface area contributed by atoms with Gasteiger partial charge in [-0.25, -0.2) is 19.2 Å². The van der Waals surface area contributed by atoms with Gasteiger partial charge in [0.1, 0.15) is 5.75 Å². The van der Waals surface area contributed by atoms with Crippen LogP contribution in [0.1, 0.15) is 96.2 Å². The lowest BCUT2D eigenvalue weighted by molar-refractivity contribution is -0.166. The minimum absolute atomic E-state index is 0.0332. The zero-order chi connectivity index (χ0) is 36.2. The number of nitrogens with two attached hydrogens (primary N) is 1. The van der Waals surface area contributed by atoms with E-state index < -0.39 is 36.1 Å². The molecule has 2 atom stereocenters. The lowest BCUT2D eigenvalue weighted by Gasteiger charge is -2.21. The van der Waals surface area contributed by atoms with E-state index in [1.54, 1.807) is 38.1 Å². The normalized spacial score (nSPS) is 11.8. The van der Waals surface area contributed by atoms with Gasteiger partial charge in [0.05, 0.1) is 24.3 Å². The first kappa shape index (κ1) is 40.3. The van der Waals surface area contributed by atoms with Crippen LogP contribution in [0.5, 0.6) is 5.75 Å². The van der Waals surface area contributed by atoms with Crippen molar-refractivity contribution in [3.63, 3.8) is 0 Å². The summed E-state index contributed by atoms with van der Waals surface area (Å²) in [5.74, 6) is -4.71. The van der Waals surface area contributed by atoms with Gasteiger partial charge in [0.2, 0.25) is 12.2 Å². The molecular formula is C38H49NO10. The highest BCUT2D eigenvalue weighted by molar-refractivity contribution is 5.95. The summed E-state index contributed by atoms with van der Waals surface area (Å²) in [5, 5.41) is 18.6. The van der Waals surface area contributed by atoms with E-state index in [0.29, 0.717) is 6.61 Å². The Morgan fingerprint density at radius 1 is 0.653 bits per heavy atom. The van der Waals surface area contributed by atoms with Gasteiger partial charge in [-0.3, -0.25) is 0 Å². The van der Waals surface area contributed by atoms with Gasteiger partial charge in [0.25, 0.3) is 0 Å². The van der Waals surface area contributed by atoms with Crippen LogP contribution in [0.25, 0.3) is 0 Å². The number of carboxylic acid groups (broad SMARTS) is 2. The topological polar surface area (TPSA) is 172 Å². The lowest BCUT2D eigenvalue weighted by atomic mass is 10.1. The van der Waals surface area contributed by atoms with Gasteiger partial charge in [-0.05, 0) is 69.2 Å². The van der Waals surface area contributed by atoms with Gasteiger partial charge in [-0.2, -0.15) is 0 Å². The number of carboxylic acids is 2. The lowest BCUT2D eigenvalue weighted by Crippen LogP contribution is -2.45. The molecular weight excluding hydrogens is 630 g/mol. The van der Waals surface area contributed by atoms with Crippen molar-refractivity contribution in [1.82, 2.24) is 0 Å². The Kier molecular flexibility index (Phi) is 18.0. The first-order chi connectivity index (χ1) is 23.5. The monoisotopic (exact) mass is 679 g/mol. The molecule has 0 aromatic heterocycles. The Labute approximate surface area is 288 Å². The summed E-state index contributed by atoms with van der Waals surface area (Å²) >= 11 is 0. The van der Waals surface area contributed by atoms with Crippen LogP contribution in [0.15, 0.2) is 66.7 Å². The van der Waals surface area contributed by atoms with Crippen LogP contribution >= 0.6 is 0 Å². The number of carbonyl (C=O) groups is 4. The average Bonchev–Trinajstić information content (AvgIpc) is 3.07. The van der Waals surface area contributed by atoms with E-state index in [1.807, 2.05) is 18.2 Å². The number of aliphatic carboxylic acids is 2. The molecule has 0 aliphatic heterocycles. The molecule has 0 unspecified atom stereocenters. The number of unbranched alkanes of at least 4 members (excludes halogenated alkanes) is 5. The predicted octanol–water partition coefficient (Wildman–Crippen LogP) is 7.16. The molecule has 11 nitrogen and oxygen atoms in total. The summed E-state index contributed by atoms with van der Waals surface area (Å²) in [6.07, 6.45) is 4.23. The first-order valence-corrected chi connectivity index (χ1v) is 16.6. The van der Waals surface area contributed by atoms with Crippen LogP contribution in [0, 0.1) is 13.8 Å². The van der Waals surface area contributed by atoms with Crippen LogP contribution in [-0.4, -0.2) is 59.5 Å². The highest BCUT2D eigenvalue weighted by atomic mass is 16.6. The second-order valence-electron chi connectivity index (χ2n) is 11.6. The second-order valence-corrected chi connectivity index (χ2v) is 11.6. The Hall–Kier alpha value is -4.90. The smallest absolute Gasteiger partial charge is 0.349 e. The molecule has 0 spiro atoms. The molecule has 4 N–H and O–H groups in total. The molecule has 0 saturated carbocycles. The van der Waals surface area contributed by atoms with E-state index in [0.717, 1.165) is 54.2 Å². The van der Waals surface area contributed by atoms with Crippen molar-refractivity contribution in [2.75, 3.05) is 18.9 Å². The molecule has 11 heteroatoms. The minimum Gasteiger partial charge on any atom is -0.493 e. The molecule has 0 saturated heterocycles. The second kappa shape index (κ2) is 21.9. The SMILES string of the molecule is CCCCCCCCOc1ccc(N)cc1COCCC.Cc1ccc(C(=O)O[C@@H](C(=O)O)[C@@H](OC(=O)c2ccc(C)cc2)C(=O)O)cc1. The molecule has 0 fully saturated rings. The fraction of sp³-hybridized carbons (Fsp3) is 0.421. The number of aryl methyl sites for hydroxylation is 2. The van der Waals surface area contributed by atoms with Crippen molar-refractivity contribution in [2.45, 2.75) is 91.5 Å². The summed E-state index contributed by atoms with van der Waals surface area (Å²) in [4.78, 5) is 47.3. The standard InChI is InChI=1S/C20H18O8.C18H31NO2/c1-11-3-7-13(8-4-11)19(25)27-15(17(21)22)16(18(23)24)28-20(26)14-9-5-12(2)6-10-14;1-3-5-6-7-8-9-13-21-18-11-10-17(19)14-16(18)15-20-12-4-2/h3-10,15-16H,1-2H3,(H,21,22)(H,23,24);10-11,14H,3-9,12-13,15,19H2,1-2H3/t15-,16-;/m1./s1. The molecule has 266 valence electrons. The number of ether oxygens (including phenoxy) is 4. The van der Waals surface area contributed by atoms with Crippen molar-refractivity contribution in [1.29, 1.82) is 0 Å². The highest BCUT2D eigenvalue weighted by Crippen LogP contribution is 2.23. The summed E-state index contributed by atoms with van der Waals surface area (Å²) in [6.45, 7) is 10.1. The number of rotatable bonds is 19. The van der Waals surface area contributed by atoms with Crippen LogP contribution in [0.2, 0.25) is 0 Å². The number of hydrogen-bond acceptors (Lipinski definition) is 9. The van der Waals surface area contributed by atoms with E-state index >= 15 is 0 Å². The molecule has 0 radical (unpaired) electrons. The van der Waals surface area contributed by atoms with Gasteiger partial charge in [0.15, 0.2) is 0 Å². The van der Waals surface area contributed by atoms with Crippen molar-refractivity contribution < 1.29 is 48.3 Å². The molecule has 0 aliphatic rings. The highest BCUT2D eigenvalue weighted by Gasteiger charge is 2.41. The largest absolute Gasteiger partial charge is 0.493 e. The maximum Gasteiger partial charge on any atom is 0.349 e. The fourth-order valence-electron chi connectivity index (χ4n) is 4.47. The van der Waals surface area contributed by atoms with Gasteiger partial charge in [-0.15, -0.1) is 0 Å². The Morgan fingerprint density at radius 3 is 1.61 bits per heavy atom. The van der Waals surface area contributed by atoms with E-state index in [-0.39, 0.29) is 11.1 Å². The molecule has 0 heterocycles. The third kappa shape index (κ3) is 14.8. The molecule has 3 aromatic carbocycles.